The molecular weight excluding hydrogens is 356 g/mol. The van der Waals surface area contributed by atoms with Crippen LogP contribution >= 0.6 is 11.3 Å². The highest BCUT2D eigenvalue weighted by Gasteiger charge is 2.03. The van der Waals surface area contributed by atoms with Gasteiger partial charge in [-0.3, -0.25) is 4.79 Å². The van der Waals surface area contributed by atoms with E-state index >= 15 is 0 Å². The fraction of sp³-hybridized carbons (Fsp3) is 0.182. The predicted molar refractivity (Wildman–Crippen MR) is 111 cm³/mol. The topological polar surface area (TPSA) is 51.2 Å². The predicted octanol–water partition coefficient (Wildman–Crippen LogP) is 4.93. The highest BCUT2D eigenvalue weighted by atomic mass is 32.1. The minimum atomic E-state index is -0.129. The zero-order valence-electron chi connectivity index (χ0n) is 15.2. The number of aromatic nitrogens is 1. The third-order valence-electron chi connectivity index (χ3n) is 3.81. The van der Waals surface area contributed by atoms with Crippen LogP contribution in [-0.4, -0.2) is 17.5 Å². The van der Waals surface area contributed by atoms with Gasteiger partial charge in [-0.05, 0) is 30.2 Å². The molecule has 2 aromatic carbocycles. The highest BCUT2D eigenvalue weighted by Crippen LogP contribution is 2.25. The first-order valence-corrected chi connectivity index (χ1v) is 9.75. The Bertz CT molecular complexity index is 886. The van der Waals surface area contributed by atoms with E-state index in [0.717, 1.165) is 33.2 Å². The first-order chi connectivity index (χ1) is 13.2. The number of carbonyl (C=O) groups is 1. The van der Waals surface area contributed by atoms with Crippen molar-refractivity contribution in [2.45, 2.75) is 19.9 Å². The van der Waals surface area contributed by atoms with E-state index in [1.807, 2.05) is 54.6 Å². The summed E-state index contributed by atoms with van der Waals surface area (Å²) >= 11 is 1.56. The molecule has 27 heavy (non-hydrogen) atoms. The van der Waals surface area contributed by atoms with Crippen LogP contribution in [0.15, 0.2) is 66.9 Å². The van der Waals surface area contributed by atoms with Crippen molar-refractivity contribution in [3.05, 3.63) is 77.3 Å². The molecule has 0 saturated heterocycles. The van der Waals surface area contributed by atoms with Crippen LogP contribution in [0.3, 0.4) is 0 Å². The Morgan fingerprint density at radius 3 is 2.67 bits per heavy atom. The van der Waals surface area contributed by atoms with Gasteiger partial charge in [0.05, 0.1) is 6.61 Å². The molecule has 3 aromatic rings. The van der Waals surface area contributed by atoms with E-state index in [-0.39, 0.29) is 5.91 Å². The summed E-state index contributed by atoms with van der Waals surface area (Å²) in [6, 6.07) is 17.8. The van der Waals surface area contributed by atoms with E-state index in [4.69, 9.17) is 4.74 Å². The van der Waals surface area contributed by atoms with Crippen LogP contribution in [-0.2, 0) is 11.3 Å². The Balaban J connectivity index is 1.50. The van der Waals surface area contributed by atoms with Gasteiger partial charge < -0.3 is 10.1 Å². The summed E-state index contributed by atoms with van der Waals surface area (Å²) in [5, 5.41) is 3.83. The highest BCUT2D eigenvalue weighted by molar-refractivity contribution is 7.15. The van der Waals surface area contributed by atoms with E-state index in [9.17, 15) is 4.79 Å². The third-order valence-corrected chi connectivity index (χ3v) is 4.82. The summed E-state index contributed by atoms with van der Waals surface area (Å²) in [6.07, 6.45) is 6.10. The van der Waals surface area contributed by atoms with Gasteiger partial charge in [0.25, 0.3) is 0 Å². The molecule has 0 aliphatic carbocycles. The van der Waals surface area contributed by atoms with Crippen molar-refractivity contribution in [3.63, 3.8) is 0 Å². The van der Waals surface area contributed by atoms with Gasteiger partial charge in [0.2, 0.25) is 5.91 Å². The lowest BCUT2D eigenvalue weighted by Gasteiger charge is -2.06. The van der Waals surface area contributed by atoms with Crippen LogP contribution in [0, 0.1) is 0 Å². The molecular formula is C22H22N2O2S. The lowest BCUT2D eigenvalue weighted by molar-refractivity contribution is -0.116. The van der Waals surface area contributed by atoms with Crippen molar-refractivity contribution in [2.75, 3.05) is 6.61 Å². The van der Waals surface area contributed by atoms with Crippen molar-refractivity contribution in [3.8, 4) is 16.3 Å². The van der Waals surface area contributed by atoms with Gasteiger partial charge in [-0.2, -0.15) is 0 Å². The van der Waals surface area contributed by atoms with Crippen LogP contribution in [0.1, 0.15) is 23.8 Å². The molecule has 0 atom stereocenters. The number of amides is 1. The number of hydrogen-bond acceptors (Lipinski definition) is 4. The van der Waals surface area contributed by atoms with Gasteiger partial charge >= 0.3 is 0 Å². The average Bonchev–Trinajstić information content (AvgIpc) is 3.20. The summed E-state index contributed by atoms with van der Waals surface area (Å²) in [6.45, 7) is 3.27. The number of thiazole rings is 1. The molecule has 0 unspecified atom stereocenters. The summed E-state index contributed by atoms with van der Waals surface area (Å²) in [5.41, 5.74) is 2.11. The van der Waals surface area contributed by atoms with Gasteiger partial charge in [0, 0.05) is 29.3 Å². The second-order valence-corrected chi connectivity index (χ2v) is 7.04. The summed E-state index contributed by atoms with van der Waals surface area (Å²) in [7, 11) is 0. The van der Waals surface area contributed by atoms with Crippen molar-refractivity contribution >= 4 is 23.3 Å². The van der Waals surface area contributed by atoms with E-state index in [1.165, 1.54) is 0 Å². The Kier molecular flexibility index (Phi) is 6.77. The normalized spacial score (nSPS) is 10.9. The molecule has 1 aromatic heterocycles. The van der Waals surface area contributed by atoms with Crippen molar-refractivity contribution in [1.29, 1.82) is 0 Å². The Morgan fingerprint density at radius 1 is 1.15 bits per heavy atom. The molecule has 3 rings (SSSR count). The van der Waals surface area contributed by atoms with Gasteiger partial charge in [0.1, 0.15) is 10.8 Å². The zero-order valence-corrected chi connectivity index (χ0v) is 16.0. The van der Waals surface area contributed by atoms with Crippen molar-refractivity contribution in [2.24, 2.45) is 0 Å². The standard InChI is InChI=1S/C22H22N2O2S/c1-2-14-26-19-10-8-17(9-11-19)15-23-21(25)13-12-20-16-24-22(27-20)18-6-4-3-5-7-18/h3-13,16H,2,14-15H2,1H3,(H,23,25)/b13-12+. The van der Waals surface area contributed by atoms with Crippen LogP contribution in [0.25, 0.3) is 16.6 Å². The lowest BCUT2D eigenvalue weighted by Crippen LogP contribution is -2.20. The molecule has 0 fully saturated rings. The van der Waals surface area contributed by atoms with E-state index in [0.29, 0.717) is 13.2 Å². The van der Waals surface area contributed by atoms with Crippen LogP contribution in [0.4, 0.5) is 0 Å². The molecule has 0 saturated carbocycles. The largest absolute Gasteiger partial charge is 0.494 e. The number of carbonyl (C=O) groups excluding carboxylic acids is 1. The zero-order chi connectivity index (χ0) is 18.9. The summed E-state index contributed by atoms with van der Waals surface area (Å²) in [4.78, 5) is 17.4. The quantitative estimate of drug-likeness (QED) is 0.566. The van der Waals surface area contributed by atoms with E-state index in [1.54, 1.807) is 29.7 Å². The van der Waals surface area contributed by atoms with E-state index < -0.39 is 0 Å². The lowest BCUT2D eigenvalue weighted by atomic mass is 10.2. The number of hydrogen-bond donors (Lipinski definition) is 1. The summed E-state index contributed by atoms with van der Waals surface area (Å²) < 4.78 is 5.55. The summed E-state index contributed by atoms with van der Waals surface area (Å²) in [5.74, 6) is 0.724. The minimum absolute atomic E-state index is 0.129. The fourth-order valence-corrected chi connectivity index (χ4v) is 3.23. The first-order valence-electron chi connectivity index (χ1n) is 8.93. The second-order valence-electron chi connectivity index (χ2n) is 5.98. The Morgan fingerprint density at radius 2 is 1.93 bits per heavy atom. The van der Waals surface area contributed by atoms with Crippen LogP contribution in [0.2, 0.25) is 0 Å². The molecule has 0 bridgehead atoms. The molecule has 1 heterocycles. The van der Waals surface area contributed by atoms with Crippen molar-refractivity contribution < 1.29 is 9.53 Å². The second kappa shape index (κ2) is 9.69. The molecule has 5 heteroatoms. The maximum Gasteiger partial charge on any atom is 0.244 e. The molecule has 0 aliphatic heterocycles. The number of nitrogens with zero attached hydrogens (tertiary/aromatic N) is 1. The molecule has 4 nitrogen and oxygen atoms in total. The number of nitrogens with one attached hydrogen (secondary N) is 1. The molecule has 1 amide bonds. The number of ether oxygens (including phenoxy) is 1. The minimum Gasteiger partial charge on any atom is -0.494 e. The number of benzene rings is 2. The smallest absolute Gasteiger partial charge is 0.244 e. The fourth-order valence-electron chi connectivity index (χ4n) is 2.41. The molecule has 0 spiro atoms. The van der Waals surface area contributed by atoms with Crippen LogP contribution < -0.4 is 10.1 Å². The maximum atomic E-state index is 12.0. The van der Waals surface area contributed by atoms with Gasteiger partial charge in [-0.25, -0.2) is 4.98 Å². The maximum absolute atomic E-state index is 12.0. The van der Waals surface area contributed by atoms with E-state index in [2.05, 4.69) is 17.2 Å². The molecule has 138 valence electrons. The number of rotatable bonds is 8. The molecule has 1 N–H and O–H groups in total. The van der Waals surface area contributed by atoms with Crippen LogP contribution in [0.5, 0.6) is 5.75 Å². The average molecular weight is 378 g/mol. The third kappa shape index (κ3) is 5.79. The first kappa shape index (κ1) is 18.9. The van der Waals surface area contributed by atoms with Gasteiger partial charge in [0.15, 0.2) is 0 Å². The molecule has 0 aliphatic rings. The van der Waals surface area contributed by atoms with Crippen molar-refractivity contribution in [1.82, 2.24) is 10.3 Å². The van der Waals surface area contributed by atoms with Gasteiger partial charge in [-0.1, -0.05) is 49.4 Å². The monoisotopic (exact) mass is 378 g/mol. The Labute approximate surface area is 163 Å². The molecule has 0 radical (unpaired) electrons. The van der Waals surface area contributed by atoms with Gasteiger partial charge in [-0.15, -0.1) is 11.3 Å². The Hall–Kier alpha value is -2.92. The SMILES string of the molecule is CCCOc1ccc(CNC(=O)/C=C/c2cnc(-c3ccccc3)s2)cc1.